The summed E-state index contributed by atoms with van der Waals surface area (Å²) in [6, 6.07) is 9.07. The van der Waals surface area contributed by atoms with Crippen molar-refractivity contribution >= 4 is 0 Å². The normalized spacial score (nSPS) is 21.4. The van der Waals surface area contributed by atoms with Crippen LogP contribution in [0.1, 0.15) is 22.6 Å². The highest BCUT2D eigenvalue weighted by Gasteiger charge is 2.38. The van der Waals surface area contributed by atoms with Crippen molar-refractivity contribution in [2.45, 2.75) is 12.3 Å². The molecule has 146 valence electrons. The molecule has 0 heterocycles. The first-order valence-electron chi connectivity index (χ1n) is 8.91. The van der Waals surface area contributed by atoms with Crippen LogP contribution in [-0.4, -0.2) is 49.9 Å². The van der Waals surface area contributed by atoms with E-state index in [0.717, 1.165) is 16.7 Å². The molecule has 6 nitrogen and oxygen atoms in total. The van der Waals surface area contributed by atoms with E-state index < -0.39 is 0 Å². The monoisotopic (exact) mass is 374 g/mol. The van der Waals surface area contributed by atoms with E-state index >= 15 is 0 Å². The average molecular weight is 374 g/mol. The topological polar surface area (TPSA) is 88.4 Å². The number of fused-ring (bicyclic) bond motifs is 1. The van der Waals surface area contributed by atoms with Crippen molar-refractivity contribution in [3.8, 4) is 23.0 Å². The Balaban J connectivity index is 2.20. The Morgan fingerprint density at radius 1 is 0.889 bits per heavy atom. The smallest absolute Gasteiger partial charge is 0.161 e. The van der Waals surface area contributed by atoms with E-state index in [9.17, 15) is 15.3 Å². The van der Waals surface area contributed by atoms with E-state index in [1.807, 2.05) is 18.2 Å². The van der Waals surface area contributed by atoms with Crippen molar-refractivity contribution in [3.63, 3.8) is 0 Å². The first-order chi connectivity index (χ1) is 13.1. The summed E-state index contributed by atoms with van der Waals surface area (Å²) < 4.78 is 16.2. The van der Waals surface area contributed by atoms with E-state index in [-0.39, 0.29) is 36.7 Å². The fourth-order valence-corrected chi connectivity index (χ4v) is 4.11. The lowest BCUT2D eigenvalue weighted by molar-refractivity contribution is 0.101. The molecule has 0 aliphatic heterocycles. The van der Waals surface area contributed by atoms with Crippen LogP contribution in [0.3, 0.4) is 0 Å². The number of benzene rings is 2. The molecule has 2 unspecified atom stereocenters. The van der Waals surface area contributed by atoms with Gasteiger partial charge in [0.1, 0.15) is 0 Å². The van der Waals surface area contributed by atoms with Crippen molar-refractivity contribution in [2.75, 3.05) is 34.5 Å². The molecule has 0 aromatic heterocycles. The van der Waals surface area contributed by atoms with Crippen LogP contribution in [0.2, 0.25) is 0 Å². The molecule has 0 radical (unpaired) electrons. The summed E-state index contributed by atoms with van der Waals surface area (Å²) >= 11 is 0. The van der Waals surface area contributed by atoms with Crippen LogP contribution in [0.25, 0.3) is 0 Å². The van der Waals surface area contributed by atoms with E-state index in [1.165, 1.54) is 7.11 Å². The predicted octanol–water partition coefficient (Wildman–Crippen LogP) is 2.32. The van der Waals surface area contributed by atoms with Crippen molar-refractivity contribution in [2.24, 2.45) is 11.8 Å². The first kappa shape index (κ1) is 19.3. The van der Waals surface area contributed by atoms with Gasteiger partial charge in [-0.3, -0.25) is 0 Å². The number of phenols is 1. The van der Waals surface area contributed by atoms with E-state index in [0.29, 0.717) is 23.7 Å². The molecular formula is C21H26O6. The second-order valence-electron chi connectivity index (χ2n) is 6.81. The van der Waals surface area contributed by atoms with Crippen LogP contribution in [-0.2, 0) is 6.42 Å². The minimum atomic E-state index is -0.176. The van der Waals surface area contributed by atoms with Crippen LogP contribution < -0.4 is 14.2 Å². The maximum absolute atomic E-state index is 10.1. The highest BCUT2D eigenvalue weighted by atomic mass is 16.5. The number of aliphatic hydroxyl groups excluding tert-OH is 2. The molecule has 3 atom stereocenters. The first-order valence-corrected chi connectivity index (χ1v) is 8.91. The quantitative estimate of drug-likeness (QED) is 0.719. The zero-order chi connectivity index (χ0) is 19.6. The fourth-order valence-electron chi connectivity index (χ4n) is 4.11. The van der Waals surface area contributed by atoms with Gasteiger partial charge in [-0.25, -0.2) is 0 Å². The van der Waals surface area contributed by atoms with Gasteiger partial charge in [0.2, 0.25) is 0 Å². The maximum atomic E-state index is 10.1. The third-order valence-electron chi connectivity index (χ3n) is 5.50. The minimum Gasteiger partial charge on any atom is -0.504 e. The van der Waals surface area contributed by atoms with Gasteiger partial charge in [-0.2, -0.15) is 0 Å². The maximum Gasteiger partial charge on any atom is 0.161 e. The number of aliphatic hydroxyl groups is 2. The average Bonchev–Trinajstić information content (AvgIpc) is 2.71. The predicted molar refractivity (Wildman–Crippen MR) is 101 cm³/mol. The Bertz CT molecular complexity index is 803. The fraction of sp³-hybridized carbons (Fsp3) is 0.429. The van der Waals surface area contributed by atoms with Crippen LogP contribution in [0.5, 0.6) is 23.0 Å². The minimum absolute atomic E-state index is 0.0231. The lowest BCUT2D eigenvalue weighted by Crippen LogP contribution is -2.35. The molecule has 0 amide bonds. The summed E-state index contributed by atoms with van der Waals surface area (Å²) in [5, 5.41) is 30.0. The van der Waals surface area contributed by atoms with Gasteiger partial charge in [-0.1, -0.05) is 6.07 Å². The van der Waals surface area contributed by atoms with Crippen LogP contribution in [0.15, 0.2) is 30.3 Å². The molecule has 27 heavy (non-hydrogen) atoms. The molecule has 0 fully saturated rings. The molecule has 2 aromatic carbocycles. The molecule has 1 aliphatic rings. The Kier molecular flexibility index (Phi) is 5.77. The number of phenolic OH excluding ortho intramolecular Hbond substituents is 1. The molecule has 0 saturated heterocycles. The number of ether oxygens (including phenoxy) is 3. The van der Waals surface area contributed by atoms with Gasteiger partial charge in [-0.05, 0) is 59.2 Å². The van der Waals surface area contributed by atoms with Crippen molar-refractivity contribution < 1.29 is 29.5 Å². The summed E-state index contributed by atoms with van der Waals surface area (Å²) in [7, 11) is 4.68. The van der Waals surface area contributed by atoms with Gasteiger partial charge >= 0.3 is 0 Å². The van der Waals surface area contributed by atoms with Crippen molar-refractivity contribution in [3.05, 3.63) is 47.0 Å². The summed E-state index contributed by atoms with van der Waals surface area (Å²) in [6.07, 6.45) is 0.642. The van der Waals surface area contributed by atoms with E-state index in [4.69, 9.17) is 14.2 Å². The zero-order valence-electron chi connectivity index (χ0n) is 15.8. The molecule has 6 heteroatoms. The van der Waals surface area contributed by atoms with Gasteiger partial charge in [0.15, 0.2) is 23.0 Å². The number of methoxy groups -OCH3 is 3. The SMILES string of the molecule is COc1cc(C2c3cc(OC)c(OC)cc3CC(CO)[C@H]2CO)ccc1O. The molecule has 3 rings (SSSR count). The van der Waals surface area contributed by atoms with Gasteiger partial charge in [-0.15, -0.1) is 0 Å². The Morgan fingerprint density at radius 3 is 2.15 bits per heavy atom. The van der Waals surface area contributed by atoms with Gasteiger partial charge in [0.25, 0.3) is 0 Å². The molecule has 0 spiro atoms. The van der Waals surface area contributed by atoms with Gasteiger partial charge < -0.3 is 29.5 Å². The largest absolute Gasteiger partial charge is 0.504 e. The van der Waals surface area contributed by atoms with E-state index in [2.05, 4.69) is 0 Å². The highest BCUT2D eigenvalue weighted by Crippen LogP contribution is 2.47. The lowest BCUT2D eigenvalue weighted by Gasteiger charge is -2.39. The van der Waals surface area contributed by atoms with E-state index in [1.54, 1.807) is 26.4 Å². The molecule has 3 N–H and O–H groups in total. The second-order valence-corrected chi connectivity index (χ2v) is 6.81. The van der Waals surface area contributed by atoms with Crippen molar-refractivity contribution in [1.29, 1.82) is 0 Å². The summed E-state index contributed by atoms with van der Waals surface area (Å²) in [5.41, 5.74) is 2.97. The third-order valence-corrected chi connectivity index (χ3v) is 5.50. The van der Waals surface area contributed by atoms with Gasteiger partial charge in [0.05, 0.1) is 21.3 Å². The molecule has 0 saturated carbocycles. The lowest BCUT2D eigenvalue weighted by atomic mass is 9.67. The number of rotatable bonds is 6. The van der Waals surface area contributed by atoms with Gasteiger partial charge in [0, 0.05) is 19.1 Å². The molecule has 0 bridgehead atoms. The number of hydrogen-bond donors (Lipinski definition) is 3. The number of aromatic hydroxyl groups is 1. The zero-order valence-corrected chi connectivity index (χ0v) is 15.8. The second kappa shape index (κ2) is 8.06. The van der Waals surface area contributed by atoms with Crippen LogP contribution >= 0.6 is 0 Å². The summed E-state index contributed by atoms with van der Waals surface area (Å²) in [4.78, 5) is 0. The summed E-state index contributed by atoms with van der Waals surface area (Å²) in [6.45, 7) is -0.0857. The number of hydrogen-bond acceptors (Lipinski definition) is 6. The Labute approximate surface area is 158 Å². The molecule has 1 aliphatic carbocycles. The molecular weight excluding hydrogens is 348 g/mol. The summed E-state index contributed by atoms with van der Waals surface area (Å²) in [5.74, 6) is 1.25. The highest BCUT2D eigenvalue weighted by molar-refractivity contribution is 5.54. The Hall–Kier alpha value is -2.44. The molecule has 2 aromatic rings. The van der Waals surface area contributed by atoms with Crippen LogP contribution in [0.4, 0.5) is 0 Å². The third kappa shape index (κ3) is 3.42. The Morgan fingerprint density at radius 2 is 1.56 bits per heavy atom. The standard InChI is InChI=1S/C21H26O6/c1-25-18-7-12(4-5-17(18)24)21-15-9-20(27-3)19(26-2)8-13(15)6-14(10-22)16(21)11-23/h4-5,7-9,14,16,21-24H,6,10-11H2,1-3H3/t14?,16-,21?/m1/s1. The van der Waals surface area contributed by atoms with Crippen LogP contribution in [0, 0.1) is 11.8 Å². The van der Waals surface area contributed by atoms with Crippen molar-refractivity contribution in [1.82, 2.24) is 0 Å².